The number of ether oxygens (including phenoxy) is 3. The van der Waals surface area contributed by atoms with E-state index in [1.165, 1.54) is 6.33 Å². The lowest BCUT2D eigenvalue weighted by molar-refractivity contribution is -0.0190. The zero-order valence-electron chi connectivity index (χ0n) is 18.3. The molecule has 0 aliphatic heterocycles. The van der Waals surface area contributed by atoms with Crippen LogP contribution in [0, 0.1) is 5.92 Å². The summed E-state index contributed by atoms with van der Waals surface area (Å²) in [7, 11) is 0. The Hall–Kier alpha value is -3.03. The minimum Gasteiger partial charge on any atom is -0.464 e. The van der Waals surface area contributed by atoms with E-state index in [4.69, 9.17) is 14.2 Å². The predicted molar refractivity (Wildman–Crippen MR) is 120 cm³/mol. The molecular weight excluding hydrogens is 406 g/mol. The van der Waals surface area contributed by atoms with Crippen molar-refractivity contribution in [2.24, 2.45) is 5.92 Å². The van der Waals surface area contributed by atoms with Crippen LogP contribution in [0.2, 0.25) is 0 Å². The monoisotopic (exact) mass is 435 g/mol. The predicted octanol–water partition coefficient (Wildman–Crippen LogP) is 3.79. The summed E-state index contributed by atoms with van der Waals surface area (Å²) in [6.07, 6.45) is 3.00. The van der Waals surface area contributed by atoms with Gasteiger partial charge in [-0.3, -0.25) is 4.57 Å². The van der Waals surface area contributed by atoms with Gasteiger partial charge < -0.3 is 14.2 Å². The molecule has 1 aliphatic rings. The molecule has 0 radical (unpaired) electrons. The van der Waals surface area contributed by atoms with Gasteiger partial charge in [0.2, 0.25) is 0 Å². The zero-order chi connectivity index (χ0) is 22.2. The van der Waals surface area contributed by atoms with E-state index in [2.05, 4.69) is 34.2 Å². The number of rotatable bonds is 10. The van der Waals surface area contributed by atoms with E-state index in [-0.39, 0.29) is 29.8 Å². The van der Waals surface area contributed by atoms with Gasteiger partial charge in [-0.2, -0.15) is 4.98 Å². The van der Waals surface area contributed by atoms with Crippen LogP contribution in [0.15, 0.2) is 71.8 Å². The van der Waals surface area contributed by atoms with Crippen molar-refractivity contribution in [3.05, 3.63) is 88.6 Å². The Labute approximate surface area is 188 Å². The topological polar surface area (TPSA) is 75.5 Å². The van der Waals surface area contributed by atoms with Gasteiger partial charge in [0.05, 0.1) is 32.5 Å². The summed E-state index contributed by atoms with van der Waals surface area (Å²) in [6, 6.07) is 20.3. The van der Waals surface area contributed by atoms with Crippen LogP contribution in [0.3, 0.4) is 0 Å². The average molecular weight is 436 g/mol. The maximum atomic E-state index is 12.6. The van der Waals surface area contributed by atoms with Crippen molar-refractivity contribution in [3.63, 3.8) is 0 Å². The highest BCUT2D eigenvalue weighted by Crippen LogP contribution is 2.37. The van der Waals surface area contributed by atoms with Crippen LogP contribution in [0.5, 0.6) is 6.01 Å². The Morgan fingerprint density at radius 3 is 2.31 bits per heavy atom. The van der Waals surface area contributed by atoms with Crippen molar-refractivity contribution in [2.75, 3.05) is 13.2 Å². The first kappa shape index (κ1) is 22.2. The van der Waals surface area contributed by atoms with Crippen LogP contribution in [0.4, 0.5) is 0 Å². The molecule has 1 saturated carbocycles. The minimum atomic E-state index is -0.346. The maximum Gasteiger partial charge on any atom is 0.353 e. The van der Waals surface area contributed by atoms with Gasteiger partial charge in [0.1, 0.15) is 6.33 Å². The van der Waals surface area contributed by atoms with Gasteiger partial charge in [-0.25, -0.2) is 4.79 Å². The molecule has 7 nitrogen and oxygen atoms in total. The standard InChI is InChI=1S/C25H29N3O4/c1-2-31-24-26-18-28(25(29)27-24)22-13-21(17-30-15-19-9-5-3-6-10-19)23(14-22)32-16-20-11-7-4-8-12-20/h3-12,18,21-23H,2,13-17H2,1H3. The molecule has 0 saturated heterocycles. The van der Waals surface area contributed by atoms with Gasteiger partial charge in [0, 0.05) is 12.0 Å². The van der Waals surface area contributed by atoms with E-state index in [1.807, 2.05) is 43.3 Å². The van der Waals surface area contributed by atoms with Crippen LogP contribution < -0.4 is 10.4 Å². The Kier molecular flexibility index (Phi) is 7.64. The highest BCUT2D eigenvalue weighted by Gasteiger charge is 2.37. The molecule has 3 aromatic rings. The minimum absolute atomic E-state index is 0.0190. The normalized spacial score (nSPS) is 20.3. The fourth-order valence-corrected chi connectivity index (χ4v) is 4.12. The quantitative estimate of drug-likeness (QED) is 0.482. The Morgan fingerprint density at radius 2 is 1.66 bits per heavy atom. The molecule has 3 atom stereocenters. The number of hydrogen-bond donors (Lipinski definition) is 0. The van der Waals surface area contributed by atoms with Crippen LogP contribution >= 0.6 is 0 Å². The van der Waals surface area contributed by atoms with E-state index in [0.717, 1.165) is 17.5 Å². The van der Waals surface area contributed by atoms with Gasteiger partial charge in [-0.1, -0.05) is 60.7 Å². The molecule has 32 heavy (non-hydrogen) atoms. The summed E-state index contributed by atoms with van der Waals surface area (Å²) in [5.74, 6) is 0.172. The van der Waals surface area contributed by atoms with Crippen LogP contribution in [-0.2, 0) is 22.7 Å². The van der Waals surface area contributed by atoms with E-state index in [9.17, 15) is 4.79 Å². The molecule has 7 heteroatoms. The molecule has 0 amide bonds. The molecule has 2 aromatic carbocycles. The van der Waals surface area contributed by atoms with E-state index in [0.29, 0.717) is 32.8 Å². The smallest absolute Gasteiger partial charge is 0.353 e. The molecule has 1 fully saturated rings. The van der Waals surface area contributed by atoms with Crippen molar-refractivity contribution in [1.82, 2.24) is 14.5 Å². The molecule has 1 aromatic heterocycles. The van der Waals surface area contributed by atoms with Crippen molar-refractivity contribution in [3.8, 4) is 6.01 Å². The largest absolute Gasteiger partial charge is 0.464 e. The van der Waals surface area contributed by atoms with Crippen molar-refractivity contribution in [2.45, 2.75) is 45.1 Å². The van der Waals surface area contributed by atoms with Gasteiger partial charge in [0.25, 0.3) is 0 Å². The van der Waals surface area contributed by atoms with Crippen LogP contribution in [0.25, 0.3) is 0 Å². The highest BCUT2D eigenvalue weighted by atomic mass is 16.5. The SMILES string of the molecule is CCOc1ncn(C2CC(COCc3ccccc3)C(OCc3ccccc3)C2)c(=O)n1. The lowest BCUT2D eigenvalue weighted by Crippen LogP contribution is -2.27. The van der Waals surface area contributed by atoms with E-state index >= 15 is 0 Å². The lowest BCUT2D eigenvalue weighted by atomic mass is 10.1. The fraction of sp³-hybridized carbons (Fsp3) is 0.400. The number of hydrogen-bond acceptors (Lipinski definition) is 6. The van der Waals surface area contributed by atoms with Gasteiger partial charge >= 0.3 is 11.7 Å². The first-order valence-electron chi connectivity index (χ1n) is 11.1. The molecule has 3 unspecified atom stereocenters. The van der Waals surface area contributed by atoms with Gasteiger partial charge in [-0.15, -0.1) is 4.98 Å². The Morgan fingerprint density at radius 1 is 0.969 bits per heavy atom. The lowest BCUT2D eigenvalue weighted by Gasteiger charge is -2.20. The number of nitrogens with zero attached hydrogens (tertiary/aromatic N) is 3. The molecule has 0 N–H and O–H groups in total. The average Bonchev–Trinajstić information content (AvgIpc) is 3.22. The molecule has 4 rings (SSSR count). The molecular formula is C25H29N3O4. The Bertz CT molecular complexity index is 1030. The third kappa shape index (κ3) is 5.81. The molecule has 168 valence electrons. The van der Waals surface area contributed by atoms with Crippen molar-refractivity contribution >= 4 is 0 Å². The molecule has 1 aliphatic carbocycles. The summed E-state index contributed by atoms with van der Waals surface area (Å²) in [6.45, 7) is 3.91. The molecule has 0 spiro atoms. The van der Waals surface area contributed by atoms with E-state index < -0.39 is 0 Å². The summed E-state index contributed by atoms with van der Waals surface area (Å²) < 4.78 is 19.2. The second kappa shape index (κ2) is 11.0. The number of benzene rings is 2. The molecule has 0 bridgehead atoms. The van der Waals surface area contributed by atoms with Gasteiger partial charge in [-0.05, 0) is 30.9 Å². The van der Waals surface area contributed by atoms with Crippen molar-refractivity contribution < 1.29 is 14.2 Å². The summed E-state index contributed by atoms with van der Waals surface area (Å²) in [5.41, 5.74) is 1.92. The highest BCUT2D eigenvalue weighted by molar-refractivity contribution is 5.14. The number of aromatic nitrogens is 3. The fourth-order valence-electron chi connectivity index (χ4n) is 4.12. The van der Waals surface area contributed by atoms with Crippen LogP contribution in [-0.4, -0.2) is 33.9 Å². The second-order valence-corrected chi connectivity index (χ2v) is 7.98. The van der Waals surface area contributed by atoms with Crippen molar-refractivity contribution in [1.29, 1.82) is 0 Å². The van der Waals surface area contributed by atoms with E-state index in [1.54, 1.807) is 4.57 Å². The summed E-state index contributed by atoms with van der Waals surface area (Å²) in [5, 5.41) is 0. The van der Waals surface area contributed by atoms with Gasteiger partial charge in [0.15, 0.2) is 0 Å². The first-order valence-corrected chi connectivity index (χ1v) is 11.1. The third-order valence-corrected chi connectivity index (χ3v) is 5.73. The molecule has 1 heterocycles. The Balaban J connectivity index is 1.43. The summed E-state index contributed by atoms with van der Waals surface area (Å²) >= 11 is 0. The second-order valence-electron chi connectivity index (χ2n) is 7.98. The maximum absolute atomic E-state index is 12.6. The van der Waals surface area contributed by atoms with Crippen LogP contribution in [0.1, 0.15) is 36.9 Å². The first-order chi connectivity index (χ1) is 15.7. The third-order valence-electron chi connectivity index (χ3n) is 5.73. The summed E-state index contributed by atoms with van der Waals surface area (Å²) in [4.78, 5) is 20.7. The zero-order valence-corrected chi connectivity index (χ0v) is 18.3.